The normalized spacial score (nSPS) is 19.5. The van der Waals surface area contributed by atoms with Crippen LogP contribution in [-0.2, 0) is 28.2 Å². The van der Waals surface area contributed by atoms with Gasteiger partial charge in [-0.1, -0.05) is 44.2 Å². The van der Waals surface area contributed by atoms with E-state index in [-0.39, 0.29) is 36.4 Å². The average molecular weight is 529 g/mol. The first-order valence-electron chi connectivity index (χ1n) is 11.5. The number of benzene rings is 1. The van der Waals surface area contributed by atoms with Crippen LogP contribution in [0.1, 0.15) is 57.3 Å². The number of aromatic nitrogens is 2. The number of ether oxygens (including phenoxy) is 1. The highest BCUT2D eigenvalue weighted by Gasteiger charge is 2.52. The molecule has 0 unspecified atom stereocenters. The number of aryl methyl sites for hydroxylation is 1. The molecule has 1 aliphatic carbocycles. The van der Waals surface area contributed by atoms with Crippen LogP contribution in [0.4, 0.5) is 8.78 Å². The summed E-state index contributed by atoms with van der Waals surface area (Å²) in [6.45, 7) is 8.09. The maximum Gasteiger partial charge on any atom is 0.343 e. The molecule has 2 aromatic rings. The summed E-state index contributed by atoms with van der Waals surface area (Å²) < 4.78 is 38.0. The zero-order chi connectivity index (χ0) is 23.4. The van der Waals surface area contributed by atoms with E-state index in [9.17, 15) is 18.7 Å². The Morgan fingerprint density at radius 2 is 2.03 bits per heavy atom. The Morgan fingerprint density at radius 1 is 1.33 bits per heavy atom. The van der Waals surface area contributed by atoms with Gasteiger partial charge in [-0.05, 0) is 24.3 Å². The van der Waals surface area contributed by atoms with Gasteiger partial charge in [0.05, 0.1) is 19.7 Å². The van der Waals surface area contributed by atoms with Crippen LogP contribution in [0.25, 0.3) is 0 Å². The zero-order valence-corrected chi connectivity index (χ0v) is 21.2. The molecule has 33 heavy (non-hydrogen) atoms. The van der Waals surface area contributed by atoms with Crippen LogP contribution >= 0.6 is 0 Å². The number of halogens is 3. The summed E-state index contributed by atoms with van der Waals surface area (Å²) >= 11 is 0. The van der Waals surface area contributed by atoms with Crippen molar-refractivity contribution in [2.75, 3.05) is 6.61 Å². The van der Waals surface area contributed by atoms with Gasteiger partial charge in [-0.2, -0.15) is 0 Å². The van der Waals surface area contributed by atoms with Gasteiger partial charge in [-0.25, -0.2) is 22.7 Å². The van der Waals surface area contributed by atoms with Crippen molar-refractivity contribution in [3.63, 3.8) is 0 Å². The van der Waals surface area contributed by atoms with Crippen molar-refractivity contribution in [3.8, 4) is 0 Å². The van der Waals surface area contributed by atoms with Gasteiger partial charge in [-0.3, -0.25) is 0 Å². The molecule has 0 spiro atoms. The van der Waals surface area contributed by atoms with Crippen LogP contribution < -0.4 is 21.5 Å². The fourth-order valence-corrected chi connectivity index (χ4v) is 4.61. The standard InChI is InChI=1S/C25H35F2N2O3.BrH/c1-19(2)18-29-15-14-28(20(29)3)13-8-16-32-23(30)25(31,21-9-5-4-6-10-21)22-11-7-12-24(26,27)17-22;/h4-6,9-10,14-15,19,22,31H,7-8,11-13,16-18H2,1-3H3;1H/q+1;/p-1/t22-,25+;/m1./s1. The zero-order valence-electron chi connectivity index (χ0n) is 19.6. The number of carbonyl (C=O) groups excluding carboxylic acids is 1. The third kappa shape index (κ3) is 6.63. The van der Waals surface area contributed by atoms with Crippen molar-refractivity contribution < 1.29 is 45.0 Å². The fourth-order valence-electron chi connectivity index (χ4n) is 4.61. The van der Waals surface area contributed by atoms with Crippen LogP contribution in [0.5, 0.6) is 0 Å². The Kier molecular flexibility index (Phi) is 9.61. The van der Waals surface area contributed by atoms with Crippen molar-refractivity contribution in [2.24, 2.45) is 11.8 Å². The van der Waals surface area contributed by atoms with E-state index < -0.39 is 29.8 Å². The minimum absolute atomic E-state index is 0. The highest BCUT2D eigenvalue weighted by Crippen LogP contribution is 2.45. The maximum absolute atomic E-state index is 14.1. The Bertz CT molecular complexity index is 904. The Morgan fingerprint density at radius 3 is 2.67 bits per heavy atom. The summed E-state index contributed by atoms with van der Waals surface area (Å²) in [6, 6.07) is 8.34. The third-order valence-corrected chi connectivity index (χ3v) is 6.35. The van der Waals surface area contributed by atoms with E-state index in [1.165, 1.54) is 0 Å². The summed E-state index contributed by atoms with van der Waals surface area (Å²) in [7, 11) is 0. The molecule has 1 heterocycles. The number of hydrogen-bond acceptors (Lipinski definition) is 3. The molecule has 0 aliphatic heterocycles. The molecule has 5 nitrogen and oxygen atoms in total. The Balaban J connectivity index is 0.00000385. The minimum atomic E-state index is -2.89. The lowest BCUT2D eigenvalue weighted by molar-refractivity contribution is -0.707. The van der Waals surface area contributed by atoms with Gasteiger partial charge in [0.15, 0.2) is 5.60 Å². The van der Waals surface area contributed by atoms with E-state index in [1.807, 2.05) is 19.3 Å². The number of nitrogens with zero attached hydrogens (tertiary/aromatic N) is 2. The summed E-state index contributed by atoms with van der Waals surface area (Å²) in [5.41, 5.74) is -1.77. The molecule has 0 saturated heterocycles. The molecule has 1 aromatic carbocycles. The first kappa shape index (κ1) is 27.4. The minimum Gasteiger partial charge on any atom is -1.00 e. The van der Waals surface area contributed by atoms with E-state index in [2.05, 4.69) is 23.0 Å². The molecule has 184 valence electrons. The lowest BCUT2D eigenvalue weighted by atomic mass is 9.72. The summed E-state index contributed by atoms with van der Waals surface area (Å²) in [5.74, 6) is -2.95. The van der Waals surface area contributed by atoms with Gasteiger partial charge in [0.25, 0.3) is 5.82 Å². The molecule has 1 aliphatic rings. The number of carbonyl (C=O) groups is 1. The van der Waals surface area contributed by atoms with Crippen molar-refractivity contribution in [3.05, 3.63) is 54.1 Å². The average Bonchev–Trinajstić information content (AvgIpc) is 3.09. The number of hydrogen-bond donors (Lipinski definition) is 1. The van der Waals surface area contributed by atoms with Crippen molar-refractivity contribution >= 4 is 5.97 Å². The van der Waals surface area contributed by atoms with Gasteiger partial charge in [0, 0.05) is 32.1 Å². The highest BCUT2D eigenvalue weighted by atomic mass is 79.9. The van der Waals surface area contributed by atoms with Crippen LogP contribution in [0.3, 0.4) is 0 Å². The van der Waals surface area contributed by atoms with Crippen LogP contribution in [-0.4, -0.2) is 28.2 Å². The molecule has 3 rings (SSSR count). The fraction of sp³-hybridized carbons (Fsp3) is 0.600. The smallest absolute Gasteiger partial charge is 0.343 e. The molecule has 1 saturated carbocycles. The van der Waals surface area contributed by atoms with Crippen LogP contribution in [0.2, 0.25) is 0 Å². The second kappa shape index (κ2) is 11.6. The molecule has 8 heteroatoms. The van der Waals surface area contributed by atoms with E-state index in [1.54, 1.807) is 30.3 Å². The second-order valence-electron chi connectivity index (χ2n) is 9.36. The predicted octanol–water partition coefficient (Wildman–Crippen LogP) is 1.39. The topological polar surface area (TPSA) is 55.3 Å². The van der Waals surface area contributed by atoms with E-state index >= 15 is 0 Å². The van der Waals surface area contributed by atoms with Gasteiger partial charge < -0.3 is 26.8 Å². The number of alkyl halides is 2. The van der Waals surface area contributed by atoms with Crippen molar-refractivity contribution in [1.82, 2.24) is 4.57 Å². The molecular weight excluding hydrogens is 494 g/mol. The molecule has 0 amide bonds. The van der Waals surface area contributed by atoms with Gasteiger partial charge in [-0.15, -0.1) is 0 Å². The first-order valence-corrected chi connectivity index (χ1v) is 11.5. The largest absolute Gasteiger partial charge is 1.00 e. The van der Waals surface area contributed by atoms with E-state index in [0.717, 1.165) is 12.4 Å². The molecule has 1 N–H and O–H groups in total. The highest BCUT2D eigenvalue weighted by molar-refractivity contribution is 5.81. The van der Waals surface area contributed by atoms with Crippen molar-refractivity contribution in [2.45, 2.75) is 77.5 Å². The molecule has 0 bridgehead atoms. The monoisotopic (exact) mass is 528 g/mol. The molecule has 2 atom stereocenters. The Labute approximate surface area is 205 Å². The molecule has 0 radical (unpaired) electrons. The summed E-state index contributed by atoms with van der Waals surface area (Å²) in [4.78, 5) is 13.1. The molecule has 1 aromatic heterocycles. The predicted molar refractivity (Wildman–Crippen MR) is 117 cm³/mol. The SMILES string of the molecule is Cc1n(CCCOC(=O)[C@](O)(c2ccccc2)[C@@H]2CCCC(F)(F)C2)cc[n+]1CC(C)C.[Br-]. The number of rotatable bonds is 9. The van der Waals surface area contributed by atoms with Crippen LogP contribution in [0.15, 0.2) is 42.7 Å². The number of imidazole rings is 1. The number of aliphatic hydroxyl groups is 1. The lowest BCUT2D eigenvalue weighted by Crippen LogP contribution is -3.00. The second-order valence-corrected chi connectivity index (χ2v) is 9.36. The first-order chi connectivity index (χ1) is 15.1. The molecular formula is C25H35BrF2N2O3. The lowest BCUT2D eigenvalue weighted by Gasteiger charge is -2.39. The van der Waals surface area contributed by atoms with Crippen LogP contribution in [0, 0.1) is 18.8 Å². The molecule has 1 fully saturated rings. The third-order valence-electron chi connectivity index (χ3n) is 6.35. The quantitative estimate of drug-likeness (QED) is 0.304. The van der Waals surface area contributed by atoms with E-state index in [0.29, 0.717) is 30.9 Å². The summed E-state index contributed by atoms with van der Waals surface area (Å²) in [5, 5.41) is 11.4. The Hall–Kier alpha value is -1.80. The summed E-state index contributed by atoms with van der Waals surface area (Å²) in [6.07, 6.45) is 4.50. The van der Waals surface area contributed by atoms with Gasteiger partial charge in [0.2, 0.25) is 5.92 Å². The van der Waals surface area contributed by atoms with Gasteiger partial charge in [0.1, 0.15) is 12.4 Å². The maximum atomic E-state index is 14.1. The van der Waals surface area contributed by atoms with Crippen molar-refractivity contribution in [1.29, 1.82) is 0 Å². The van der Waals surface area contributed by atoms with Gasteiger partial charge >= 0.3 is 5.97 Å². The number of esters is 1. The van der Waals surface area contributed by atoms with E-state index in [4.69, 9.17) is 4.74 Å².